The van der Waals surface area contributed by atoms with Gasteiger partial charge in [0, 0.05) is 11.1 Å². The molecule has 1 aliphatic heterocycles. The molecule has 0 atom stereocenters. The van der Waals surface area contributed by atoms with Crippen molar-refractivity contribution >= 4 is 11.9 Å². The number of ether oxygens (including phenoxy) is 5. The molecule has 2 aromatic carbocycles. The number of carbonyl (C=O) groups is 1. The first-order valence-corrected chi connectivity index (χ1v) is 8.17. The number of hydrogen-bond donors (Lipinski definition) is 0. The first-order valence-electron chi connectivity index (χ1n) is 8.17. The van der Waals surface area contributed by atoms with Gasteiger partial charge in [-0.05, 0) is 37.3 Å². The Labute approximate surface area is 151 Å². The van der Waals surface area contributed by atoms with Crippen molar-refractivity contribution < 1.29 is 28.5 Å². The van der Waals surface area contributed by atoms with Crippen LogP contribution in [0.3, 0.4) is 0 Å². The van der Waals surface area contributed by atoms with Gasteiger partial charge < -0.3 is 23.7 Å². The molecule has 2 aromatic rings. The van der Waals surface area contributed by atoms with Gasteiger partial charge in [-0.3, -0.25) is 4.79 Å². The lowest BCUT2D eigenvalue weighted by atomic mass is 10.1. The fourth-order valence-corrected chi connectivity index (χ4v) is 2.69. The Bertz CT molecular complexity index is 840. The van der Waals surface area contributed by atoms with Gasteiger partial charge in [0.1, 0.15) is 5.75 Å². The minimum atomic E-state index is -0.148. The molecular formula is C20H20O6. The zero-order valence-corrected chi connectivity index (χ0v) is 14.9. The summed E-state index contributed by atoms with van der Waals surface area (Å²) in [6, 6.07) is 8.80. The molecule has 0 saturated carbocycles. The van der Waals surface area contributed by atoms with Crippen molar-refractivity contribution in [1.29, 1.82) is 0 Å². The van der Waals surface area contributed by atoms with Gasteiger partial charge >= 0.3 is 0 Å². The highest BCUT2D eigenvalue weighted by molar-refractivity contribution is 6.07. The minimum absolute atomic E-state index is 0.0956. The lowest BCUT2D eigenvalue weighted by Gasteiger charge is -2.11. The highest BCUT2D eigenvalue weighted by Gasteiger charge is 2.26. The lowest BCUT2D eigenvalue weighted by molar-refractivity contribution is 0.104. The van der Waals surface area contributed by atoms with Crippen LogP contribution in [0.1, 0.15) is 22.8 Å². The van der Waals surface area contributed by atoms with Crippen LogP contribution >= 0.6 is 0 Å². The van der Waals surface area contributed by atoms with E-state index in [0.717, 1.165) is 0 Å². The van der Waals surface area contributed by atoms with E-state index in [-0.39, 0.29) is 12.6 Å². The molecule has 0 saturated heterocycles. The molecule has 3 rings (SSSR count). The van der Waals surface area contributed by atoms with Gasteiger partial charge in [-0.15, -0.1) is 0 Å². The van der Waals surface area contributed by atoms with Gasteiger partial charge in [-0.2, -0.15) is 0 Å². The van der Waals surface area contributed by atoms with Crippen LogP contribution < -0.4 is 23.7 Å². The van der Waals surface area contributed by atoms with Gasteiger partial charge in [0.05, 0.1) is 20.8 Å². The number of allylic oxidation sites excluding steroid dienone is 1. The zero-order chi connectivity index (χ0) is 18.5. The Morgan fingerprint density at radius 2 is 1.96 bits per heavy atom. The third kappa shape index (κ3) is 3.44. The van der Waals surface area contributed by atoms with Crippen molar-refractivity contribution in [3.8, 4) is 28.7 Å². The quantitative estimate of drug-likeness (QED) is 0.556. The Hall–Kier alpha value is -3.15. The highest BCUT2D eigenvalue weighted by atomic mass is 16.7. The van der Waals surface area contributed by atoms with Gasteiger partial charge in [-0.25, -0.2) is 0 Å². The summed E-state index contributed by atoms with van der Waals surface area (Å²) in [5, 5.41) is 0. The second-order valence-corrected chi connectivity index (χ2v) is 5.42. The van der Waals surface area contributed by atoms with Gasteiger partial charge in [-0.1, -0.05) is 12.1 Å². The van der Waals surface area contributed by atoms with Gasteiger partial charge in [0.15, 0.2) is 17.3 Å². The molecule has 0 aromatic heterocycles. The topological polar surface area (TPSA) is 63.2 Å². The molecule has 0 bridgehead atoms. The largest absolute Gasteiger partial charge is 0.494 e. The molecule has 1 aliphatic rings. The summed E-state index contributed by atoms with van der Waals surface area (Å²) in [6.07, 6.45) is 3.14. The van der Waals surface area contributed by atoms with E-state index < -0.39 is 0 Å². The van der Waals surface area contributed by atoms with E-state index in [1.165, 1.54) is 13.2 Å². The predicted octanol–water partition coefficient (Wildman–Crippen LogP) is 3.73. The number of carbonyl (C=O) groups excluding carboxylic acids is 1. The molecule has 6 heteroatoms. The molecule has 0 radical (unpaired) electrons. The fraction of sp³-hybridized carbons (Fsp3) is 0.250. The first-order chi connectivity index (χ1) is 12.7. The van der Waals surface area contributed by atoms with Crippen LogP contribution in [0, 0.1) is 0 Å². The molecule has 0 unspecified atom stereocenters. The van der Waals surface area contributed by atoms with E-state index in [4.69, 9.17) is 23.7 Å². The maximum atomic E-state index is 12.5. The summed E-state index contributed by atoms with van der Waals surface area (Å²) in [7, 11) is 3.08. The van der Waals surface area contributed by atoms with E-state index >= 15 is 0 Å². The molecular weight excluding hydrogens is 336 g/mol. The Morgan fingerprint density at radius 3 is 2.69 bits per heavy atom. The first kappa shape index (κ1) is 17.7. The molecule has 1 heterocycles. The number of methoxy groups -OCH3 is 2. The SMILES string of the molecule is CCOc1cccc(C(=O)/C=C/c2cc(OC)c3c(c2OC)OCO3)c1. The maximum Gasteiger partial charge on any atom is 0.231 e. The summed E-state index contributed by atoms with van der Waals surface area (Å²) in [4.78, 5) is 12.5. The van der Waals surface area contributed by atoms with Crippen molar-refractivity contribution in [3.05, 3.63) is 47.5 Å². The number of fused-ring (bicyclic) bond motifs is 1. The maximum absolute atomic E-state index is 12.5. The van der Waals surface area contributed by atoms with Crippen molar-refractivity contribution in [2.75, 3.05) is 27.6 Å². The molecule has 6 nitrogen and oxygen atoms in total. The third-order valence-electron chi connectivity index (χ3n) is 3.86. The molecule has 26 heavy (non-hydrogen) atoms. The van der Waals surface area contributed by atoms with Crippen LogP contribution in [-0.4, -0.2) is 33.4 Å². The molecule has 0 amide bonds. The smallest absolute Gasteiger partial charge is 0.231 e. The van der Waals surface area contributed by atoms with Gasteiger partial charge in [0.25, 0.3) is 0 Å². The minimum Gasteiger partial charge on any atom is -0.494 e. The van der Waals surface area contributed by atoms with E-state index in [1.807, 2.05) is 13.0 Å². The molecule has 0 fully saturated rings. The van der Waals surface area contributed by atoms with Crippen LogP contribution in [0.2, 0.25) is 0 Å². The van der Waals surface area contributed by atoms with E-state index in [1.54, 1.807) is 37.5 Å². The van der Waals surface area contributed by atoms with Crippen molar-refractivity contribution in [2.24, 2.45) is 0 Å². The summed E-state index contributed by atoms with van der Waals surface area (Å²) in [5.41, 5.74) is 1.20. The van der Waals surface area contributed by atoms with Crippen LogP contribution in [0.5, 0.6) is 28.7 Å². The van der Waals surface area contributed by atoms with Crippen molar-refractivity contribution in [3.63, 3.8) is 0 Å². The van der Waals surface area contributed by atoms with Crippen LogP contribution in [0.15, 0.2) is 36.4 Å². The normalized spacial score (nSPS) is 12.3. The van der Waals surface area contributed by atoms with Crippen LogP contribution in [0.25, 0.3) is 6.08 Å². The Morgan fingerprint density at radius 1 is 1.15 bits per heavy atom. The monoisotopic (exact) mass is 356 g/mol. The van der Waals surface area contributed by atoms with Crippen molar-refractivity contribution in [1.82, 2.24) is 0 Å². The van der Waals surface area contributed by atoms with Crippen molar-refractivity contribution in [2.45, 2.75) is 6.92 Å². The van der Waals surface area contributed by atoms with E-state index in [2.05, 4.69) is 0 Å². The highest BCUT2D eigenvalue weighted by Crippen LogP contribution is 2.49. The zero-order valence-electron chi connectivity index (χ0n) is 14.9. The Balaban J connectivity index is 1.91. The number of rotatable bonds is 7. The second kappa shape index (κ2) is 7.82. The average molecular weight is 356 g/mol. The van der Waals surface area contributed by atoms with E-state index in [9.17, 15) is 4.79 Å². The third-order valence-corrected chi connectivity index (χ3v) is 3.86. The predicted molar refractivity (Wildman–Crippen MR) is 96.6 cm³/mol. The summed E-state index contributed by atoms with van der Waals surface area (Å²) < 4.78 is 27.1. The molecule has 0 N–H and O–H groups in total. The number of ketones is 1. The standard InChI is InChI=1S/C20H20O6/c1-4-24-15-7-5-6-13(10-15)16(21)9-8-14-11-17(22-2)19-20(18(14)23-3)26-12-25-19/h5-11H,4,12H2,1-3H3/b9-8+. The summed E-state index contributed by atoms with van der Waals surface area (Å²) in [6.45, 7) is 2.54. The van der Waals surface area contributed by atoms with Crippen LogP contribution in [0.4, 0.5) is 0 Å². The average Bonchev–Trinajstić information content (AvgIpc) is 3.15. The van der Waals surface area contributed by atoms with Gasteiger partial charge in [0.2, 0.25) is 18.3 Å². The summed E-state index contributed by atoms with van der Waals surface area (Å²) in [5.74, 6) is 2.49. The Kier molecular flexibility index (Phi) is 5.31. The number of benzene rings is 2. The summed E-state index contributed by atoms with van der Waals surface area (Å²) >= 11 is 0. The molecule has 136 valence electrons. The van der Waals surface area contributed by atoms with E-state index in [0.29, 0.717) is 46.5 Å². The number of hydrogen-bond acceptors (Lipinski definition) is 6. The molecule has 0 spiro atoms. The lowest BCUT2D eigenvalue weighted by Crippen LogP contribution is -1.97. The second-order valence-electron chi connectivity index (χ2n) is 5.42. The van der Waals surface area contributed by atoms with Crippen LogP contribution in [-0.2, 0) is 0 Å². The molecule has 0 aliphatic carbocycles. The fourth-order valence-electron chi connectivity index (χ4n) is 2.69.